The minimum atomic E-state index is -0.216. The minimum Gasteiger partial charge on any atom is -0.466 e. The summed E-state index contributed by atoms with van der Waals surface area (Å²) in [4.78, 5) is 31.3. The van der Waals surface area contributed by atoms with Crippen LogP contribution in [0, 0.1) is 5.92 Å². The SMILES string of the molecule is CCOC(=O)C1CCN(C(=O)C(C)Sc2nc3ccccc3n2CC)CC1. The molecule has 146 valence electrons. The van der Waals surface area contributed by atoms with Gasteiger partial charge in [0.15, 0.2) is 5.16 Å². The summed E-state index contributed by atoms with van der Waals surface area (Å²) in [6.07, 6.45) is 1.35. The third kappa shape index (κ3) is 4.29. The number of thioether (sulfide) groups is 1. The highest BCUT2D eigenvalue weighted by molar-refractivity contribution is 8.00. The smallest absolute Gasteiger partial charge is 0.309 e. The van der Waals surface area contributed by atoms with Gasteiger partial charge in [-0.05, 0) is 45.7 Å². The first-order valence-electron chi connectivity index (χ1n) is 9.62. The molecule has 1 saturated heterocycles. The highest BCUT2D eigenvalue weighted by Crippen LogP contribution is 2.29. The third-order valence-electron chi connectivity index (χ3n) is 4.99. The Morgan fingerprint density at radius 3 is 2.63 bits per heavy atom. The van der Waals surface area contributed by atoms with E-state index in [4.69, 9.17) is 9.72 Å². The van der Waals surface area contributed by atoms with Crippen molar-refractivity contribution in [3.63, 3.8) is 0 Å². The Balaban J connectivity index is 1.63. The van der Waals surface area contributed by atoms with Crippen molar-refractivity contribution in [2.75, 3.05) is 19.7 Å². The molecule has 0 aliphatic carbocycles. The van der Waals surface area contributed by atoms with E-state index in [1.54, 1.807) is 0 Å². The summed E-state index contributed by atoms with van der Waals surface area (Å²) in [5, 5.41) is 0.659. The predicted octanol–water partition coefficient (Wildman–Crippen LogP) is 3.34. The number of para-hydroxylation sites is 2. The van der Waals surface area contributed by atoms with Crippen LogP contribution in [0.3, 0.4) is 0 Å². The Bertz CT molecular complexity index is 812. The maximum absolute atomic E-state index is 12.9. The average Bonchev–Trinajstić information content (AvgIpc) is 3.04. The second kappa shape index (κ2) is 8.78. The summed E-state index contributed by atoms with van der Waals surface area (Å²) in [5.41, 5.74) is 2.05. The number of fused-ring (bicyclic) bond motifs is 1. The van der Waals surface area contributed by atoms with Gasteiger partial charge >= 0.3 is 5.97 Å². The lowest BCUT2D eigenvalue weighted by atomic mass is 9.97. The van der Waals surface area contributed by atoms with Gasteiger partial charge < -0.3 is 14.2 Å². The Morgan fingerprint density at radius 1 is 1.26 bits per heavy atom. The van der Waals surface area contributed by atoms with Gasteiger partial charge in [-0.15, -0.1) is 0 Å². The van der Waals surface area contributed by atoms with Crippen LogP contribution in [-0.4, -0.2) is 51.3 Å². The molecule has 0 bridgehead atoms. The summed E-state index contributed by atoms with van der Waals surface area (Å²) < 4.78 is 7.25. The average molecular weight is 390 g/mol. The van der Waals surface area contributed by atoms with E-state index in [2.05, 4.69) is 17.6 Å². The van der Waals surface area contributed by atoms with Crippen LogP contribution in [0.25, 0.3) is 11.0 Å². The minimum absolute atomic E-state index is 0.0822. The van der Waals surface area contributed by atoms with E-state index in [-0.39, 0.29) is 23.0 Å². The quantitative estimate of drug-likeness (QED) is 0.560. The highest BCUT2D eigenvalue weighted by Gasteiger charge is 2.31. The molecule has 3 rings (SSSR count). The molecule has 0 N–H and O–H groups in total. The normalized spacial score (nSPS) is 16.5. The molecule has 6 nitrogen and oxygen atoms in total. The number of imidazole rings is 1. The molecular formula is C20H27N3O3S. The van der Waals surface area contributed by atoms with Gasteiger partial charge in [-0.1, -0.05) is 23.9 Å². The van der Waals surface area contributed by atoms with Gasteiger partial charge in [0, 0.05) is 19.6 Å². The third-order valence-corrected chi connectivity index (χ3v) is 6.07. The van der Waals surface area contributed by atoms with Crippen molar-refractivity contribution < 1.29 is 14.3 Å². The van der Waals surface area contributed by atoms with Crippen LogP contribution < -0.4 is 0 Å². The molecule has 2 heterocycles. The van der Waals surface area contributed by atoms with E-state index in [0.29, 0.717) is 32.5 Å². The Labute approximate surface area is 164 Å². The van der Waals surface area contributed by atoms with E-state index >= 15 is 0 Å². The Hall–Kier alpha value is -2.02. The number of likely N-dealkylation sites (tertiary alicyclic amines) is 1. The van der Waals surface area contributed by atoms with E-state index in [1.165, 1.54) is 11.8 Å². The number of aromatic nitrogens is 2. The zero-order chi connectivity index (χ0) is 19.4. The molecular weight excluding hydrogens is 362 g/mol. The van der Waals surface area contributed by atoms with Crippen molar-refractivity contribution in [3.05, 3.63) is 24.3 Å². The highest BCUT2D eigenvalue weighted by atomic mass is 32.2. The topological polar surface area (TPSA) is 64.4 Å². The fourth-order valence-corrected chi connectivity index (χ4v) is 4.58. The number of piperidine rings is 1. The van der Waals surface area contributed by atoms with Crippen molar-refractivity contribution in [2.24, 2.45) is 5.92 Å². The van der Waals surface area contributed by atoms with Crippen molar-refractivity contribution in [2.45, 2.75) is 50.6 Å². The second-order valence-electron chi connectivity index (χ2n) is 6.74. The maximum atomic E-state index is 12.9. The van der Waals surface area contributed by atoms with Crippen LogP contribution in [0.5, 0.6) is 0 Å². The molecule has 1 unspecified atom stereocenters. The fraction of sp³-hybridized carbons (Fsp3) is 0.550. The second-order valence-corrected chi connectivity index (χ2v) is 8.05. The van der Waals surface area contributed by atoms with Crippen LogP contribution in [-0.2, 0) is 20.9 Å². The number of hydrogen-bond acceptors (Lipinski definition) is 5. The Morgan fingerprint density at radius 2 is 1.96 bits per heavy atom. The van der Waals surface area contributed by atoms with Crippen molar-refractivity contribution >= 4 is 34.7 Å². The molecule has 27 heavy (non-hydrogen) atoms. The molecule has 2 aromatic rings. The number of carbonyl (C=O) groups excluding carboxylic acids is 2. The molecule has 0 radical (unpaired) electrons. The monoisotopic (exact) mass is 389 g/mol. The summed E-state index contributed by atoms with van der Waals surface area (Å²) in [6, 6.07) is 8.04. The Kier molecular flexibility index (Phi) is 6.42. The first-order valence-corrected chi connectivity index (χ1v) is 10.5. The maximum Gasteiger partial charge on any atom is 0.309 e. The predicted molar refractivity (Wildman–Crippen MR) is 107 cm³/mol. The molecule has 0 spiro atoms. The number of ether oxygens (including phenoxy) is 1. The van der Waals surface area contributed by atoms with Crippen LogP contribution in [0.15, 0.2) is 29.4 Å². The fourth-order valence-electron chi connectivity index (χ4n) is 3.51. The molecule has 1 atom stereocenters. The number of esters is 1. The summed E-state index contributed by atoms with van der Waals surface area (Å²) in [5.74, 6) is -0.109. The van der Waals surface area contributed by atoms with Gasteiger partial charge in [-0.2, -0.15) is 0 Å². The van der Waals surface area contributed by atoms with E-state index < -0.39 is 0 Å². The van der Waals surface area contributed by atoms with Gasteiger partial charge in [0.25, 0.3) is 0 Å². The molecule has 1 amide bonds. The number of nitrogens with zero attached hydrogens (tertiary/aromatic N) is 3. The lowest BCUT2D eigenvalue weighted by molar-refractivity contribution is -0.151. The van der Waals surface area contributed by atoms with Crippen LogP contribution in [0.2, 0.25) is 0 Å². The zero-order valence-electron chi connectivity index (χ0n) is 16.2. The lowest BCUT2D eigenvalue weighted by Crippen LogP contribution is -2.43. The van der Waals surface area contributed by atoms with Crippen molar-refractivity contribution in [1.82, 2.24) is 14.5 Å². The summed E-state index contributed by atoms with van der Waals surface area (Å²) in [6.45, 7) is 8.28. The summed E-state index contributed by atoms with van der Waals surface area (Å²) in [7, 11) is 0. The van der Waals surface area contributed by atoms with Gasteiger partial charge in [-0.3, -0.25) is 9.59 Å². The number of hydrogen-bond donors (Lipinski definition) is 0. The number of benzene rings is 1. The first-order chi connectivity index (χ1) is 13.0. The van der Waals surface area contributed by atoms with Crippen LogP contribution >= 0.6 is 11.8 Å². The summed E-state index contributed by atoms with van der Waals surface area (Å²) >= 11 is 1.51. The van der Waals surface area contributed by atoms with E-state index in [1.807, 2.05) is 36.9 Å². The molecule has 0 saturated carbocycles. The number of rotatable bonds is 6. The number of amides is 1. The molecule has 1 aliphatic heterocycles. The number of carbonyl (C=O) groups is 2. The van der Waals surface area contributed by atoms with Crippen molar-refractivity contribution in [3.8, 4) is 0 Å². The molecule has 7 heteroatoms. The van der Waals surface area contributed by atoms with Crippen molar-refractivity contribution in [1.29, 1.82) is 0 Å². The molecule has 1 aromatic carbocycles. The standard InChI is InChI=1S/C20H27N3O3S/c1-4-23-17-9-7-6-8-16(17)21-20(23)27-14(3)18(24)22-12-10-15(11-13-22)19(25)26-5-2/h6-9,14-15H,4-5,10-13H2,1-3H3. The van der Waals surface area contributed by atoms with E-state index in [0.717, 1.165) is 22.7 Å². The molecule has 1 aliphatic rings. The van der Waals surface area contributed by atoms with E-state index in [9.17, 15) is 9.59 Å². The largest absolute Gasteiger partial charge is 0.466 e. The van der Waals surface area contributed by atoms with Gasteiger partial charge in [0.05, 0.1) is 28.8 Å². The first kappa shape index (κ1) is 19.7. The lowest BCUT2D eigenvalue weighted by Gasteiger charge is -2.32. The molecule has 1 aromatic heterocycles. The van der Waals surface area contributed by atoms with Gasteiger partial charge in [-0.25, -0.2) is 4.98 Å². The van der Waals surface area contributed by atoms with Crippen LogP contribution in [0.4, 0.5) is 0 Å². The zero-order valence-corrected chi connectivity index (χ0v) is 17.0. The number of aryl methyl sites for hydroxylation is 1. The van der Waals surface area contributed by atoms with Crippen LogP contribution in [0.1, 0.15) is 33.6 Å². The van der Waals surface area contributed by atoms with Gasteiger partial charge in [0.1, 0.15) is 0 Å². The van der Waals surface area contributed by atoms with Gasteiger partial charge in [0.2, 0.25) is 5.91 Å². The molecule has 1 fully saturated rings.